The highest BCUT2D eigenvalue weighted by atomic mass is 16.5. The fourth-order valence-electron chi connectivity index (χ4n) is 3.43. The van der Waals surface area contributed by atoms with E-state index in [0.717, 1.165) is 22.3 Å². The van der Waals surface area contributed by atoms with Crippen LogP contribution in [0.15, 0.2) is 67.0 Å². The van der Waals surface area contributed by atoms with Gasteiger partial charge < -0.3 is 10.1 Å². The van der Waals surface area contributed by atoms with Crippen LogP contribution in [0.25, 0.3) is 16.7 Å². The Balaban J connectivity index is 1.58. The van der Waals surface area contributed by atoms with E-state index in [1.165, 1.54) is 12.7 Å². The number of hydrogen-bond acceptors (Lipinski definition) is 4. The van der Waals surface area contributed by atoms with Gasteiger partial charge in [-0.25, -0.2) is 9.78 Å². The Bertz CT molecular complexity index is 1260. The molecular formula is C24H21N3O3. The Morgan fingerprint density at radius 3 is 2.37 bits per heavy atom. The zero-order valence-electron chi connectivity index (χ0n) is 17.0. The van der Waals surface area contributed by atoms with Crippen LogP contribution in [-0.2, 0) is 4.74 Å². The number of hydrogen-bond donors (Lipinski definition) is 1. The van der Waals surface area contributed by atoms with Crippen molar-refractivity contribution in [2.75, 3.05) is 12.4 Å². The zero-order chi connectivity index (χ0) is 21.3. The van der Waals surface area contributed by atoms with Crippen molar-refractivity contribution >= 4 is 28.6 Å². The van der Waals surface area contributed by atoms with Crippen LogP contribution >= 0.6 is 0 Å². The number of rotatable bonds is 4. The molecule has 4 aromatic rings. The van der Waals surface area contributed by atoms with E-state index in [-0.39, 0.29) is 5.91 Å². The predicted octanol–water partition coefficient (Wildman–Crippen LogP) is 4.68. The Morgan fingerprint density at radius 1 is 0.933 bits per heavy atom. The van der Waals surface area contributed by atoms with Crippen molar-refractivity contribution in [1.29, 1.82) is 0 Å². The molecule has 0 saturated carbocycles. The normalized spacial score (nSPS) is 10.8. The SMILES string of the molecule is COC(=O)c1ccc(NC(=O)c2ccc3c(c2)ncn3-c2ccc(C)cc2C)cc1. The Hall–Kier alpha value is -3.93. The molecule has 150 valence electrons. The second-order valence-electron chi connectivity index (χ2n) is 7.13. The monoisotopic (exact) mass is 399 g/mol. The number of ether oxygens (including phenoxy) is 1. The van der Waals surface area contributed by atoms with Crippen molar-refractivity contribution in [3.8, 4) is 5.69 Å². The molecule has 0 aliphatic rings. The van der Waals surface area contributed by atoms with Crippen molar-refractivity contribution in [2.24, 2.45) is 0 Å². The van der Waals surface area contributed by atoms with Gasteiger partial charge >= 0.3 is 5.97 Å². The minimum Gasteiger partial charge on any atom is -0.465 e. The predicted molar refractivity (Wildman–Crippen MR) is 116 cm³/mol. The van der Waals surface area contributed by atoms with E-state index in [1.54, 1.807) is 42.7 Å². The van der Waals surface area contributed by atoms with Crippen LogP contribution in [0.3, 0.4) is 0 Å². The maximum absolute atomic E-state index is 12.7. The van der Waals surface area contributed by atoms with Gasteiger partial charge in [-0.2, -0.15) is 0 Å². The molecule has 0 saturated heterocycles. The number of benzene rings is 3. The third kappa shape index (κ3) is 3.67. The largest absolute Gasteiger partial charge is 0.465 e. The summed E-state index contributed by atoms with van der Waals surface area (Å²) in [5, 5.41) is 2.84. The molecule has 30 heavy (non-hydrogen) atoms. The van der Waals surface area contributed by atoms with E-state index in [0.29, 0.717) is 16.8 Å². The Labute approximate surface area is 174 Å². The molecular weight excluding hydrogens is 378 g/mol. The molecule has 0 aliphatic heterocycles. The molecule has 0 bridgehead atoms. The lowest BCUT2D eigenvalue weighted by atomic mass is 10.1. The lowest BCUT2D eigenvalue weighted by Crippen LogP contribution is -2.12. The van der Waals surface area contributed by atoms with Crippen molar-refractivity contribution < 1.29 is 14.3 Å². The number of carbonyl (C=O) groups is 2. The summed E-state index contributed by atoms with van der Waals surface area (Å²) >= 11 is 0. The summed E-state index contributed by atoms with van der Waals surface area (Å²) in [6, 6.07) is 18.3. The first-order valence-electron chi connectivity index (χ1n) is 9.51. The number of fused-ring (bicyclic) bond motifs is 1. The molecule has 3 aromatic carbocycles. The topological polar surface area (TPSA) is 73.2 Å². The second-order valence-corrected chi connectivity index (χ2v) is 7.13. The molecule has 0 radical (unpaired) electrons. The van der Waals surface area contributed by atoms with Crippen LogP contribution in [0.2, 0.25) is 0 Å². The first-order valence-corrected chi connectivity index (χ1v) is 9.51. The van der Waals surface area contributed by atoms with Crippen LogP contribution in [-0.4, -0.2) is 28.5 Å². The molecule has 1 aromatic heterocycles. The summed E-state index contributed by atoms with van der Waals surface area (Å²) in [6.07, 6.45) is 1.77. The van der Waals surface area contributed by atoms with Crippen molar-refractivity contribution in [3.63, 3.8) is 0 Å². The molecule has 1 amide bonds. The fourth-order valence-corrected chi connectivity index (χ4v) is 3.43. The average molecular weight is 399 g/mol. The highest BCUT2D eigenvalue weighted by Crippen LogP contribution is 2.23. The molecule has 6 heteroatoms. The maximum atomic E-state index is 12.7. The molecule has 1 N–H and O–H groups in total. The third-order valence-corrected chi connectivity index (χ3v) is 4.99. The van der Waals surface area contributed by atoms with Gasteiger partial charge in [0.05, 0.1) is 29.4 Å². The van der Waals surface area contributed by atoms with Gasteiger partial charge in [0.25, 0.3) is 5.91 Å². The van der Waals surface area contributed by atoms with E-state index in [4.69, 9.17) is 0 Å². The van der Waals surface area contributed by atoms with E-state index < -0.39 is 5.97 Å². The first-order chi connectivity index (χ1) is 14.5. The fraction of sp³-hybridized carbons (Fsp3) is 0.125. The van der Waals surface area contributed by atoms with E-state index in [1.807, 2.05) is 10.6 Å². The van der Waals surface area contributed by atoms with E-state index in [2.05, 4.69) is 47.1 Å². The summed E-state index contributed by atoms with van der Waals surface area (Å²) in [7, 11) is 1.33. The number of aromatic nitrogens is 2. The molecule has 4 rings (SSSR count). The molecule has 0 fully saturated rings. The smallest absolute Gasteiger partial charge is 0.337 e. The van der Waals surface area contributed by atoms with Gasteiger partial charge in [0.2, 0.25) is 0 Å². The number of nitrogens with zero attached hydrogens (tertiary/aromatic N) is 2. The van der Waals surface area contributed by atoms with Crippen molar-refractivity contribution in [2.45, 2.75) is 13.8 Å². The van der Waals surface area contributed by atoms with E-state index >= 15 is 0 Å². The summed E-state index contributed by atoms with van der Waals surface area (Å²) in [5.74, 6) is -0.665. The van der Waals surface area contributed by atoms with Gasteiger partial charge in [0.1, 0.15) is 6.33 Å². The number of esters is 1. The maximum Gasteiger partial charge on any atom is 0.337 e. The summed E-state index contributed by atoms with van der Waals surface area (Å²) in [4.78, 5) is 28.7. The molecule has 1 heterocycles. The second kappa shape index (κ2) is 7.83. The quantitative estimate of drug-likeness (QED) is 0.506. The average Bonchev–Trinajstić information content (AvgIpc) is 3.16. The lowest BCUT2D eigenvalue weighted by molar-refractivity contribution is 0.0600. The number of aryl methyl sites for hydroxylation is 2. The van der Waals surface area contributed by atoms with Gasteiger partial charge in [0.15, 0.2) is 0 Å². The summed E-state index contributed by atoms with van der Waals surface area (Å²) < 4.78 is 6.70. The molecule has 0 spiro atoms. The molecule has 0 atom stereocenters. The number of amides is 1. The highest BCUT2D eigenvalue weighted by molar-refractivity contribution is 6.06. The number of carbonyl (C=O) groups excluding carboxylic acids is 2. The van der Waals surface area contributed by atoms with E-state index in [9.17, 15) is 9.59 Å². The van der Waals surface area contributed by atoms with Crippen molar-refractivity contribution in [3.05, 3.63) is 89.2 Å². The first kappa shape index (κ1) is 19.4. The third-order valence-electron chi connectivity index (χ3n) is 4.99. The number of anilines is 1. The summed E-state index contributed by atoms with van der Waals surface area (Å²) in [5.41, 5.74) is 6.62. The molecule has 0 unspecified atom stereocenters. The zero-order valence-corrected chi connectivity index (χ0v) is 17.0. The van der Waals surface area contributed by atoms with Crippen LogP contribution in [0, 0.1) is 13.8 Å². The van der Waals surface area contributed by atoms with Crippen LogP contribution in [0.4, 0.5) is 5.69 Å². The number of methoxy groups -OCH3 is 1. The van der Waals surface area contributed by atoms with Crippen molar-refractivity contribution in [1.82, 2.24) is 9.55 Å². The standard InChI is InChI=1S/C24H21N3O3/c1-15-4-10-21(16(2)12-15)27-14-25-20-13-18(7-11-22(20)27)23(28)26-19-8-5-17(6-9-19)24(29)30-3/h4-14H,1-3H3,(H,26,28). The molecule has 6 nitrogen and oxygen atoms in total. The minimum atomic E-state index is -0.419. The Morgan fingerprint density at radius 2 is 1.67 bits per heavy atom. The van der Waals surface area contributed by atoms with Gasteiger partial charge in [-0.3, -0.25) is 9.36 Å². The van der Waals surface area contributed by atoms with Gasteiger partial charge in [-0.1, -0.05) is 17.7 Å². The lowest BCUT2D eigenvalue weighted by Gasteiger charge is -2.10. The van der Waals surface area contributed by atoms with Gasteiger partial charge in [-0.15, -0.1) is 0 Å². The molecule has 0 aliphatic carbocycles. The highest BCUT2D eigenvalue weighted by Gasteiger charge is 2.12. The van der Waals surface area contributed by atoms with Gasteiger partial charge in [0, 0.05) is 11.3 Å². The van der Waals surface area contributed by atoms with Crippen LogP contribution < -0.4 is 5.32 Å². The number of imidazole rings is 1. The van der Waals surface area contributed by atoms with Gasteiger partial charge in [-0.05, 0) is 67.9 Å². The number of nitrogens with one attached hydrogen (secondary N) is 1. The van der Waals surface area contributed by atoms with Crippen LogP contribution in [0.5, 0.6) is 0 Å². The van der Waals surface area contributed by atoms with Crippen LogP contribution in [0.1, 0.15) is 31.8 Å². The minimum absolute atomic E-state index is 0.246. The summed E-state index contributed by atoms with van der Waals surface area (Å²) in [6.45, 7) is 4.14. The Kier molecular flexibility index (Phi) is 5.06.